The van der Waals surface area contributed by atoms with Gasteiger partial charge in [-0.15, -0.1) is 12.4 Å². The highest BCUT2D eigenvalue weighted by atomic mass is 35.5. The molecule has 110 valence electrons. The highest BCUT2D eigenvalue weighted by Gasteiger charge is 2.28. The maximum atomic E-state index is 12.0. The van der Waals surface area contributed by atoms with Crippen LogP contribution < -0.4 is 10.5 Å². The lowest BCUT2D eigenvalue weighted by Gasteiger charge is -2.31. The van der Waals surface area contributed by atoms with Gasteiger partial charge in [0.25, 0.3) is 0 Å². The normalized spacial score (nSPS) is 14.7. The predicted molar refractivity (Wildman–Crippen MR) is 72.7 cm³/mol. The Labute approximate surface area is 118 Å². The lowest BCUT2D eigenvalue weighted by molar-refractivity contribution is -0.0498. The summed E-state index contributed by atoms with van der Waals surface area (Å²) in [5.41, 5.74) is 6.27. The smallest absolute Gasteiger partial charge is 0.387 e. The Hall–Kier alpha value is -0.910. The molecule has 0 unspecified atom stereocenters. The summed E-state index contributed by atoms with van der Waals surface area (Å²) in [5.74, 6) is 0.0752. The van der Waals surface area contributed by atoms with Crippen LogP contribution in [0, 0.1) is 5.41 Å². The van der Waals surface area contributed by atoms with E-state index in [1.54, 1.807) is 12.1 Å². The zero-order chi connectivity index (χ0) is 13.9. The molecule has 0 heterocycles. The summed E-state index contributed by atoms with van der Waals surface area (Å²) < 4.78 is 28.2. The monoisotopic (exact) mass is 295 g/mol. The van der Waals surface area contributed by atoms with Crippen molar-refractivity contribution >= 4 is 12.4 Å². The van der Waals surface area contributed by atoms with E-state index in [-0.39, 0.29) is 23.6 Å². The van der Waals surface area contributed by atoms with Gasteiger partial charge in [-0.3, -0.25) is 0 Å². The quantitative estimate of drug-likeness (QED) is 0.897. The van der Waals surface area contributed by atoms with Gasteiger partial charge < -0.3 is 15.6 Å². The molecule has 2 atom stereocenters. The van der Waals surface area contributed by atoms with E-state index in [2.05, 4.69) is 4.74 Å². The van der Waals surface area contributed by atoms with Crippen LogP contribution in [0.3, 0.4) is 0 Å². The van der Waals surface area contributed by atoms with Crippen LogP contribution in [0.15, 0.2) is 24.3 Å². The molecule has 3 N–H and O–H groups in total. The molecule has 1 rings (SSSR count). The number of alkyl halides is 2. The summed E-state index contributed by atoms with van der Waals surface area (Å²) in [6.07, 6.45) is -0.723. The highest BCUT2D eigenvalue weighted by Crippen LogP contribution is 2.29. The van der Waals surface area contributed by atoms with Crippen molar-refractivity contribution in [3.05, 3.63) is 29.8 Å². The van der Waals surface area contributed by atoms with Crippen molar-refractivity contribution in [1.29, 1.82) is 0 Å². The summed E-state index contributed by atoms with van der Waals surface area (Å²) in [7, 11) is 0. The molecule has 0 radical (unpaired) electrons. The van der Waals surface area contributed by atoms with E-state index in [9.17, 15) is 13.9 Å². The van der Waals surface area contributed by atoms with Crippen LogP contribution in [0.2, 0.25) is 0 Å². The van der Waals surface area contributed by atoms with Crippen LogP contribution in [-0.2, 0) is 0 Å². The molecule has 0 aliphatic heterocycles. The van der Waals surface area contributed by atoms with E-state index in [1.807, 2.05) is 20.8 Å². The van der Waals surface area contributed by atoms with Gasteiger partial charge >= 0.3 is 6.61 Å². The Morgan fingerprint density at radius 1 is 1.16 bits per heavy atom. The summed E-state index contributed by atoms with van der Waals surface area (Å²) in [6.45, 7) is 2.80. The van der Waals surface area contributed by atoms with Gasteiger partial charge in [-0.05, 0) is 23.1 Å². The molecule has 0 amide bonds. The third-order valence-electron chi connectivity index (χ3n) is 2.72. The minimum absolute atomic E-state index is 0. The average Bonchev–Trinajstić information content (AvgIpc) is 2.26. The highest BCUT2D eigenvalue weighted by molar-refractivity contribution is 5.85. The molecule has 0 aliphatic carbocycles. The maximum absolute atomic E-state index is 12.0. The molecule has 6 heteroatoms. The largest absolute Gasteiger partial charge is 0.435 e. The van der Waals surface area contributed by atoms with Crippen molar-refractivity contribution in [3.8, 4) is 5.75 Å². The van der Waals surface area contributed by atoms with Crippen LogP contribution in [0.5, 0.6) is 5.75 Å². The van der Waals surface area contributed by atoms with Crippen molar-refractivity contribution in [2.24, 2.45) is 11.1 Å². The minimum atomic E-state index is -2.84. The Bertz CT molecular complexity index is 379. The fourth-order valence-electron chi connectivity index (χ4n) is 1.59. The van der Waals surface area contributed by atoms with Crippen molar-refractivity contribution in [2.45, 2.75) is 39.5 Å². The molecular weight excluding hydrogens is 276 g/mol. The van der Waals surface area contributed by atoms with Crippen molar-refractivity contribution in [3.63, 3.8) is 0 Å². The van der Waals surface area contributed by atoms with Gasteiger partial charge in [0, 0.05) is 0 Å². The number of benzene rings is 1. The van der Waals surface area contributed by atoms with Crippen LogP contribution in [0.25, 0.3) is 0 Å². The average molecular weight is 296 g/mol. The number of halogens is 3. The zero-order valence-corrected chi connectivity index (χ0v) is 12.0. The third-order valence-corrected chi connectivity index (χ3v) is 2.72. The van der Waals surface area contributed by atoms with Crippen molar-refractivity contribution in [2.75, 3.05) is 0 Å². The van der Waals surface area contributed by atoms with Crippen LogP contribution in [-0.4, -0.2) is 17.8 Å². The standard InChI is InChI=1S/C13H19F2NO2.ClH/c1-13(2,3)11(17)10(16)8-4-6-9(7-5-8)18-12(14)15;/h4-7,10-12,17H,16H2,1-3H3;1H/t10-,11-;/m1./s1. The number of rotatable bonds is 4. The molecule has 0 bridgehead atoms. The lowest BCUT2D eigenvalue weighted by Crippen LogP contribution is -2.36. The molecule has 0 aromatic heterocycles. The molecule has 0 saturated heterocycles. The Kier molecular flexibility index (Phi) is 6.69. The fraction of sp³-hybridized carbons (Fsp3) is 0.538. The first-order valence-electron chi connectivity index (χ1n) is 5.70. The molecular formula is C13H20ClF2NO2. The third kappa shape index (κ3) is 5.30. The fourth-order valence-corrected chi connectivity index (χ4v) is 1.59. The van der Waals surface area contributed by atoms with E-state index >= 15 is 0 Å². The number of hydrogen-bond acceptors (Lipinski definition) is 3. The van der Waals surface area contributed by atoms with Crippen LogP contribution in [0.4, 0.5) is 8.78 Å². The number of aliphatic hydroxyl groups excluding tert-OH is 1. The van der Waals surface area contributed by atoms with Gasteiger partial charge in [-0.1, -0.05) is 32.9 Å². The number of hydrogen-bond donors (Lipinski definition) is 2. The molecule has 0 saturated carbocycles. The van der Waals surface area contributed by atoms with Crippen molar-refractivity contribution < 1.29 is 18.6 Å². The van der Waals surface area contributed by atoms with E-state index in [4.69, 9.17) is 5.73 Å². The summed E-state index contributed by atoms with van der Waals surface area (Å²) in [4.78, 5) is 0. The minimum Gasteiger partial charge on any atom is -0.435 e. The number of ether oxygens (including phenoxy) is 1. The van der Waals surface area contributed by atoms with Gasteiger partial charge in [-0.2, -0.15) is 8.78 Å². The van der Waals surface area contributed by atoms with E-state index in [1.165, 1.54) is 12.1 Å². The molecule has 0 spiro atoms. The second kappa shape index (κ2) is 7.03. The Balaban J connectivity index is 0.00000324. The predicted octanol–water partition coefficient (Wildman–Crippen LogP) is 3.12. The second-order valence-corrected chi connectivity index (χ2v) is 5.28. The molecule has 19 heavy (non-hydrogen) atoms. The number of nitrogens with two attached hydrogens (primary N) is 1. The van der Waals surface area contributed by atoms with Gasteiger partial charge in [0.05, 0.1) is 12.1 Å². The lowest BCUT2D eigenvalue weighted by atomic mass is 9.82. The molecule has 3 nitrogen and oxygen atoms in total. The van der Waals surface area contributed by atoms with Crippen LogP contribution in [0.1, 0.15) is 32.4 Å². The van der Waals surface area contributed by atoms with Crippen LogP contribution >= 0.6 is 12.4 Å². The summed E-state index contributed by atoms with van der Waals surface area (Å²) >= 11 is 0. The first-order chi connectivity index (χ1) is 8.21. The Morgan fingerprint density at radius 3 is 2.00 bits per heavy atom. The van der Waals surface area contributed by atoms with E-state index in [0.29, 0.717) is 5.56 Å². The van der Waals surface area contributed by atoms with Gasteiger partial charge in [0.15, 0.2) is 0 Å². The van der Waals surface area contributed by atoms with Gasteiger partial charge in [0.1, 0.15) is 5.75 Å². The molecule has 0 fully saturated rings. The first kappa shape index (κ1) is 18.1. The SMILES string of the molecule is CC(C)(C)[C@H](O)[C@H](N)c1ccc(OC(F)F)cc1.Cl. The second-order valence-electron chi connectivity index (χ2n) is 5.28. The topological polar surface area (TPSA) is 55.5 Å². The first-order valence-corrected chi connectivity index (χ1v) is 5.70. The summed E-state index contributed by atoms with van der Waals surface area (Å²) in [6, 6.07) is 5.42. The summed E-state index contributed by atoms with van der Waals surface area (Å²) in [5, 5.41) is 10.0. The van der Waals surface area contributed by atoms with Crippen molar-refractivity contribution in [1.82, 2.24) is 0 Å². The van der Waals surface area contributed by atoms with Gasteiger partial charge in [0.2, 0.25) is 0 Å². The maximum Gasteiger partial charge on any atom is 0.387 e. The molecule has 0 aliphatic rings. The molecule has 1 aromatic carbocycles. The number of aliphatic hydroxyl groups is 1. The van der Waals surface area contributed by atoms with E-state index < -0.39 is 18.8 Å². The van der Waals surface area contributed by atoms with E-state index in [0.717, 1.165) is 0 Å². The Morgan fingerprint density at radius 2 is 1.63 bits per heavy atom. The zero-order valence-electron chi connectivity index (χ0n) is 11.1. The van der Waals surface area contributed by atoms with Gasteiger partial charge in [-0.25, -0.2) is 0 Å². The molecule has 1 aromatic rings.